The van der Waals surface area contributed by atoms with Gasteiger partial charge in [0.25, 0.3) is 0 Å². The zero-order chi connectivity index (χ0) is 58.9. The van der Waals surface area contributed by atoms with E-state index in [1.54, 1.807) is 0 Å². The number of fused-ring (bicyclic) bond motifs is 2. The molecule has 2 nitrogen and oxygen atoms in total. The number of benzene rings is 8. The zero-order valence-electron chi connectivity index (χ0n) is 53.1. The second-order valence-electron chi connectivity index (χ2n) is 25.3. The van der Waals surface area contributed by atoms with Gasteiger partial charge in [0.05, 0.1) is 0 Å². The van der Waals surface area contributed by atoms with Gasteiger partial charge in [0.2, 0.25) is 0 Å². The van der Waals surface area contributed by atoms with Crippen LogP contribution >= 0.6 is 0 Å². The van der Waals surface area contributed by atoms with Crippen molar-refractivity contribution in [3.8, 4) is 33.4 Å². The molecule has 0 heterocycles. The molecule has 2 heteroatoms. The highest BCUT2D eigenvalue weighted by Crippen LogP contribution is 2.47. The third-order valence-electron chi connectivity index (χ3n) is 18.5. The van der Waals surface area contributed by atoms with Crippen molar-refractivity contribution in [2.45, 2.75) is 246 Å². The number of rotatable bonds is 37. The van der Waals surface area contributed by atoms with Gasteiger partial charge in [-0.1, -0.05) is 308 Å². The van der Waals surface area contributed by atoms with E-state index < -0.39 is 12.2 Å². The number of aryl methyl sites for hydroxylation is 6. The van der Waals surface area contributed by atoms with E-state index in [0.29, 0.717) is 0 Å². The van der Waals surface area contributed by atoms with Crippen LogP contribution in [-0.4, -0.2) is 10.2 Å². The lowest BCUT2D eigenvalue weighted by atomic mass is 9.82. The second kappa shape index (κ2) is 34.4. The molecular weight excluding hydrogens is 1020 g/mol. The number of aliphatic hydroxyl groups excluding tert-OH is 2. The highest BCUT2D eigenvalue weighted by atomic mass is 16.3. The first kappa shape index (κ1) is 64.2. The highest BCUT2D eigenvalue weighted by Gasteiger charge is 2.24. The molecule has 0 amide bonds. The average molecular weight is 1120 g/mol. The van der Waals surface area contributed by atoms with Gasteiger partial charge in [-0.3, -0.25) is 0 Å². The summed E-state index contributed by atoms with van der Waals surface area (Å²) in [6.07, 6.45) is 36.4. The Balaban J connectivity index is 1.20. The van der Waals surface area contributed by atoms with Crippen LogP contribution in [0.3, 0.4) is 0 Å². The molecule has 84 heavy (non-hydrogen) atoms. The monoisotopic (exact) mass is 1120 g/mol. The SMILES string of the molecule is CCCCCCCCCCc1ccc(C(O)c2cc(-c3ccc4c(-c5ccc(CCCCCCC)cc5)c5cc(C)ccc5c(-c5ccc(CCCCCCC)cc5)c4c3)c(C(O)c3ccc(CCCCCCCCCC)cc3)cc2C)cc1. The van der Waals surface area contributed by atoms with E-state index in [2.05, 4.69) is 187 Å². The molecule has 0 spiro atoms. The van der Waals surface area contributed by atoms with Crippen molar-refractivity contribution >= 4 is 21.5 Å². The Hall–Kier alpha value is -5.80. The van der Waals surface area contributed by atoms with Crippen LogP contribution in [0.25, 0.3) is 54.9 Å². The van der Waals surface area contributed by atoms with Crippen molar-refractivity contribution in [2.24, 2.45) is 0 Å². The van der Waals surface area contributed by atoms with Crippen LogP contribution in [0.2, 0.25) is 0 Å². The first-order valence-electron chi connectivity index (χ1n) is 34.1. The molecule has 2 unspecified atom stereocenters. The predicted octanol–water partition coefficient (Wildman–Crippen LogP) is 24.2. The van der Waals surface area contributed by atoms with E-state index in [1.807, 2.05) is 0 Å². The minimum atomic E-state index is -0.873. The zero-order valence-corrected chi connectivity index (χ0v) is 53.1. The molecule has 0 radical (unpaired) electrons. The Morgan fingerprint density at radius 3 is 1.00 bits per heavy atom. The Morgan fingerprint density at radius 1 is 0.286 bits per heavy atom. The molecule has 0 aliphatic rings. The summed E-state index contributed by atoms with van der Waals surface area (Å²) in [4.78, 5) is 0. The minimum Gasteiger partial charge on any atom is -0.384 e. The molecule has 0 aromatic heterocycles. The van der Waals surface area contributed by atoms with Crippen molar-refractivity contribution in [2.75, 3.05) is 0 Å². The fraction of sp³-hybridized carbons (Fsp3) is 0.463. The highest BCUT2D eigenvalue weighted by molar-refractivity contribution is 6.22. The van der Waals surface area contributed by atoms with Crippen molar-refractivity contribution in [1.82, 2.24) is 0 Å². The van der Waals surface area contributed by atoms with Crippen LogP contribution in [0.5, 0.6) is 0 Å². The van der Waals surface area contributed by atoms with Crippen LogP contribution in [0.4, 0.5) is 0 Å². The lowest BCUT2D eigenvalue weighted by Gasteiger charge is -2.23. The Bertz CT molecular complexity index is 3200. The molecule has 0 aliphatic heterocycles. The van der Waals surface area contributed by atoms with Gasteiger partial charge in [0.1, 0.15) is 12.2 Å². The summed E-state index contributed by atoms with van der Waals surface area (Å²) >= 11 is 0. The summed E-state index contributed by atoms with van der Waals surface area (Å²) in [5.41, 5.74) is 18.1. The number of hydrogen-bond donors (Lipinski definition) is 2. The van der Waals surface area contributed by atoms with Crippen LogP contribution < -0.4 is 0 Å². The standard InChI is InChI=1S/C82H106O2/c1-7-11-15-19-21-23-27-31-35-65-42-50-69(51-43-65)81(83)74-60-75(78(58-62(74)6)82(84)70-52-44-66(45-53-70)36-32-28-24-22-20-16-12-8-2)71-54-56-73-77(59-71)80(68-48-40-64(41-49-68)34-30-26-18-14-10-4)72-55-37-61(5)57-76(72)79(73)67-46-38-63(39-47-67)33-29-25-17-13-9-3/h37-60,81-84H,7-36H2,1-6H3. The maximum atomic E-state index is 12.8. The van der Waals surface area contributed by atoms with Gasteiger partial charge in [0, 0.05) is 0 Å². The molecule has 0 fully saturated rings. The number of aliphatic hydroxyl groups is 2. The van der Waals surface area contributed by atoms with Crippen molar-refractivity contribution < 1.29 is 10.2 Å². The molecule has 0 saturated heterocycles. The summed E-state index contributed by atoms with van der Waals surface area (Å²) in [6.45, 7) is 13.5. The molecule has 2 N–H and O–H groups in total. The van der Waals surface area contributed by atoms with Crippen molar-refractivity contribution in [3.05, 3.63) is 201 Å². The molecule has 2 atom stereocenters. The molecule has 446 valence electrons. The summed E-state index contributed by atoms with van der Waals surface area (Å²) in [5.74, 6) is 0. The molecule has 8 rings (SSSR count). The average Bonchev–Trinajstić information content (AvgIpc) is 1.56. The molecule has 0 bridgehead atoms. The summed E-state index contributed by atoms with van der Waals surface area (Å²) in [7, 11) is 0. The Morgan fingerprint density at radius 2 is 0.607 bits per heavy atom. The van der Waals surface area contributed by atoms with Crippen molar-refractivity contribution in [1.29, 1.82) is 0 Å². The normalized spacial score (nSPS) is 12.4. The Labute approximate surface area is 510 Å². The predicted molar refractivity (Wildman–Crippen MR) is 366 cm³/mol. The van der Waals surface area contributed by atoms with E-state index >= 15 is 0 Å². The lowest BCUT2D eigenvalue weighted by Crippen LogP contribution is -2.08. The summed E-state index contributed by atoms with van der Waals surface area (Å²) < 4.78 is 0. The van der Waals surface area contributed by atoms with Crippen LogP contribution in [-0.2, 0) is 25.7 Å². The third kappa shape index (κ3) is 18.1. The molecule has 0 saturated carbocycles. The third-order valence-corrected chi connectivity index (χ3v) is 18.5. The van der Waals surface area contributed by atoms with Gasteiger partial charge >= 0.3 is 0 Å². The van der Waals surface area contributed by atoms with Crippen LogP contribution in [0.1, 0.15) is 262 Å². The van der Waals surface area contributed by atoms with Gasteiger partial charge in [0.15, 0.2) is 0 Å². The van der Waals surface area contributed by atoms with Crippen LogP contribution in [0.15, 0.2) is 146 Å². The molecule has 0 aliphatic carbocycles. The maximum Gasteiger partial charge on any atom is 0.105 e. The van der Waals surface area contributed by atoms with Gasteiger partial charge in [-0.15, -0.1) is 0 Å². The minimum absolute atomic E-state index is 0.831. The van der Waals surface area contributed by atoms with E-state index in [9.17, 15) is 10.2 Å². The first-order valence-corrected chi connectivity index (χ1v) is 34.1. The number of unbranched alkanes of at least 4 members (excludes halogenated alkanes) is 22. The quantitative estimate of drug-likeness (QED) is 0.0301. The smallest absolute Gasteiger partial charge is 0.105 e. The second-order valence-corrected chi connectivity index (χ2v) is 25.3. The van der Waals surface area contributed by atoms with E-state index in [4.69, 9.17) is 0 Å². The van der Waals surface area contributed by atoms with E-state index in [0.717, 1.165) is 64.6 Å². The molecular formula is C82H106O2. The number of hydrogen-bond acceptors (Lipinski definition) is 2. The first-order chi connectivity index (χ1) is 41.2. The maximum absolute atomic E-state index is 12.8. The van der Waals surface area contributed by atoms with Crippen LogP contribution in [0, 0.1) is 13.8 Å². The largest absolute Gasteiger partial charge is 0.384 e. The summed E-state index contributed by atoms with van der Waals surface area (Å²) in [5, 5.41) is 30.2. The van der Waals surface area contributed by atoms with Gasteiger partial charge in [-0.05, 0) is 182 Å². The van der Waals surface area contributed by atoms with Gasteiger partial charge in [-0.2, -0.15) is 0 Å². The topological polar surface area (TPSA) is 40.5 Å². The van der Waals surface area contributed by atoms with E-state index in [-0.39, 0.29) is 0 Å². The fourth-order valence-electron chi connectivity index (χ4n) is 13.2. The van der Waals surface area contributed by atoms with Gasteiger partial charge in [-0.25, -0.2) is 0 Å². The van der Waals surface area contributed by atoms with Gasteiger partial charge < -0.3 is 10.2 Å². The van der Waals surface area contributed by atoms with Crippen molar-refractivity contribution in [3.63, 3.8) is 0 Å². The lowest BCUT2D eigenvalue weighted by molar-refractivity contribution is 0.216. The summed E-state index contributed by atoms with van der Waals surface area (Å²) in [6, 6.07) is 54.9. The molecule has 8 aromatic rings. The fourth-order valence-corrected chi connectivity index (χ4v) is 13.2. The molecule has 8 aromatic carbocycles. The Kier molecular flexibility index (Phi) is 26.3. The van der Waals surface area contributed by atoms with E-state index in [1.165, 1.54) is 239 Å².